The van der Waals surface area contributed by atoms with E-state index in [9.17, 15) is 0 Å². The zero-order valence-corrected chi connectivity index (χ0v) is 9.06. The summed E-state index contributed by atoms with van der Waals surface area (Å²) in [6.07, 6.45) is 7.40. The van der Waals surface area contributed by atoms with Crippen LogP contribution in [0.4, 0.5) is 0 Å². The Morgan fingerprint density at radius 2 is 2.07 bits per heavy atom. The summed E-state index contributed by atoms with van der Waals surface area (Å²) in [4.78, 5) is 0. The SMILES string of the molecule is Cn1cc2c(n1)CCCc1c-2cnn1C. The molecular formula is C11H14N4. The van der Waals surface area contributed by atoms with Gasteiger partial charge in [0.2, 0.25) is 0 Å². The molecule has 2 heterocycles. The number of hydrogen-bond acceptors (Lipinski definition) is 2. The molecule has 0 saturated carbocycles. The maximum atomic E-state index is 4.50. The number of fused-ring (bicyclic) bond motifs is 3. The van der Waals surface area contributed by atoms with E-state index in [-0.39, 0.29) is 0 Å². The van der Waals surface area contributed by atoms with Gasteiger partial charge in [0.15, 0.2) is 0 Å². The van der Waals surface area contributed by atoms with Crippen LogP contribution in [0.5, 0.6) is 0 Å². The van der Waals surface area contributed by atoms with Gasteiger partial charge in [-0.15, -0.1) is 0 Å². The third kappa shape index (κ3) is 1.21. The Morgan fingerprint density at radius 1 is 1.20 bits per heavy atom. The largest absolute Gasteiger partial charge is 0.275 e. The molecule has 0 N–H and O–H groups in total. The molecule has 0 unspecified atom stereocenters. The predicted molar refractivity (Wildman–Crippen MR) is 57.4 cm³/mol. The van der Waals surface area contributed by atoms with Crippen LogP contribution in [0.1, 0.15) is 17.8 Å². The van der Waals surface area contributed by atoms with Crippen LogP contribution in [-0.2, 0) is 26.9 Å². The minimum absolute atomic E-state index is 1.07. The van der Waals surface area contributed by atoms with E-state index in [0.717, 1.165) is 19.3 Å². The van der Waals surface area contributed by atoms with Crippen molar-refractivity contribution in [1.29, 1.82) is 0 Å². The first-order chi connectivity index (χ1) is 7.25. The van der Waals surface area contributed by atoms with Gasteiger partial charge in [-0.1, -0.05) is 0 Å². The zero-order chi connectivity index (χ0) is 10.4. The number of aromatic nitrogens is 4. The molecule has 78 valence electrons. The topological polar surface area (TPSA) is 35.6 Å². The molecule has 0 fully saturated rings. The first-order valence-corrected chi connectivity index (χ1v) is 5.29. The lowest BCUT2D eigenvalue weighted by molar-refractivity contribution is 0.674. The molecular weight excluding hydrogens is 188 g/mol. The fraction of sp³-hybridized carbons (Fsp3) is 0.455. The lowest BCUT2D eigenvalue weighted by Crippen LogP contribution is -1.99. The van der Waals surface area contributed by atoms with Gasteiger partial charge >= 0.3 is 0 Å². The molecule has 4 heteroatoms. The highest BCUT2D eigenvalue weighted by Gasteiger charge is 2.19. The second-order valence-corrected chi connectivity index (χ2v) is 4.15. The summed E-state index contributed by atoms with van der Waals surface area (Å²) >= 11 is 0. The van der Waals surface area contributed by atoms with Crippen LogP contribution in [-0.4, -0.2) is 19.6 Å². The Labute approximate surface area is 88.5 Å². The smallest absolute Gasteiger partial charge is 0.0704 e. The van der Waals surface area contributed by atoms with Crippen LogP contribution in [0, 0.1) is 0 Å². The van der Waals surface area contributed by atoms with Crippen molar-refractivity contribution < 1.29 is 0 Å². The second-order valence-electron chi connectivity index (χ2n) is 4.15. The highest BCUT2D eigenvalue weighted by atomic mass is 15.3. The average molecular weight is 202 g/mol. The third-order valence-corrected chi connectivity index (χ3v) is 3.08. The Balaban J connectivity index is 2.26. The predicted octanol–water partition coefficient (Wildman–Crippen LogP) is 1.31. The van der Waals surface area contributed by atoms with Crippen molar-refractivity contribution in [2.45, 2.75) is 19.3 Å². The second kappa shape index (κ2) is 2.95. The maximum absolute atomic E-state index is 4.50. The van der Waals surface area contributed by atoms with Gasteiger partial charge < -0.3 is 0 Å². The minimum atomic E-state index is 1.07. The van der Waals surface area contributed by atoms with Crippen LogP contribution in [0.15, 0.2) is 12.4 Å². The molecule has 0 bridgehead atoms. The molecule has 4 nitrogen and oxygen atoms in total. The van der Waals surface area contributed by atoms with Crippen LogP contribution in [0.25, 0.3) is 11.1 Å². The van der Waals surface area contributed by atoms with Crippen LogP contribution < -0.4 is 0 Å². The molecule has 0 aromatic carbocycles. The standard InChI is InChI=1S/C11H14N4/c1-14-7-9-8-6-12-15(2)11(8)5-3-4-10(9)13-14/h6-7H,3-5H2,1-2H3. The fourth-order valence-electron chi connectivity index (χ4n) is 2.35. The summed E-state index contributed by atoms with van der Waals surface area (Å²) in [7, 11) is 3.99. The van der Waals surface area contributed by atoms with E-state index in [0.29, 0.717) is 0 Å². The molecule has 3 rings (SSSR count). The Kier molecular flexibility index (Phi) is 1.71. The maximum Gasteiger partial charge on any atom is 0.0704 e. The molecule has 0 atom stereocenters. The van der Waals surface area contributed by atoms with Gasteiger partial charge in [-0.25, -0.2) is 0 Å². The minimum Gasteiger partial charge on any atom is -0.275 e. The molecule has 0 aliphatic heterocycles. The number of hydrogen-bond donors (Lipinski definition) is 0. The van der Waals surface area contributed by atoms with E-state index in [1.165, 1.54) is 22.5 Å². The Bertz CT molecular complexity index is 507. The van der Waals surface area contributed by atoms with Gasteiger partial charge in [-0.2, -0.15) is 10.2 Å². The number of rotatable bonds is 0. The quantitative estimate of drug-likeness (QED) is 0.645. The van der Waals surface area contributed by atoms with Gasteiger partial charge in [-0.05, 0) is 19.3 Å². The summed E-state index contributed by atoms with van der Waals surface area (Å²) < 4.78 is 3.88. The molecule has 0 radical (unpaired) electrons. The van der Waals surface area contributed by atoms with Crippen molar-refractivity contribution in [3.63, 3.8) is 0 Å². The molecule has 2 aromatic rings. The Hall–Kier alpha value is -1.58. The molecule has 0 saturated heterocycles. The van der Waals surface area contributed by atoms with Crippen LogP contribution in [0.2, 0.25) is 0 Å². The molecule has 1 aliphatic carbocycles. The molecule has 2 aromatic heterocycles. The summed E-state index contributed by atoms with van der Waals surface area (Å²) in [5.41, 5.74) is 5.07. The lowest BCUT2D eigenvalue weighted by Gasteiger charge is -2.00. The lowest BCUT2D eigenvalue weighted by atomic mass is 10.1. The van der Waals surface area contributed by atoms with Gasteiger partial charge in [0.05, 0.1) is 11.9 Å². The summed E-state index contributed by atoms with van der Waals surface area (Å²) in [6.45, 7) is 0. The van der Waals surface area contributed by atoms with Gasteiger partial charge in [-0.3, -0.25) is 9.36 Å². The van der Waals surface area contributed by atoms with Crippen molar-refractivity contribution in [1.82, 2.24) is 19.6 Å². The highest BCUT2D eigenvalue weighted by Crippen LogP contribution is 2.30. The van der Waals surface area contributed by atoms with Crippen molar-refractivity contribution in [3.05, 3.63) is 23.8 Å². The summed E-state index contributed by atoms with van der Waals surface area (Å²) in [5, 5.41) is 8.83. The summed E-state index contributed by atoms with van der Waals surface area (Å²) in [5.74, 6) is 0. The zero-order valence-electron chi connectivity index (χ0n) is 9.06. The normalized spacial score (nSPS) is 14.5. The Morgan fingerprint density at radius 3 is 2.93 bits per heavy atom. The molecule has 15 heavy (non-hydrogen) atoms. The van der Waals surface area contributed by atoms with E-state index in [1.807, 2.05) is 29.7 Å². The van der Waals surface area contributed by atoms with Gasteiger partial charge in [0.1, 0.15) is 0 Å². The third-order valence-electron chi connectivity index (χ3n) is 3.08. The van der Waals surface area contributed by atoms with Crippen molar-refractivity contribution in [3.8, 4) is 11.1 Å². The number of nitrogens with zero attached hydrogens (tertiary/aromatic N) is 4. The highest BCUT2D eigenvalue weighted by molar-refractivity contribution is 5.68. The molecule has 0 amide bonds. The van der Waals surface area contributed by atoms with E-state index in [2.05, 4.69) is 16.4 Å². The first-order valence-electron chi connectivity index (χ1n) is 5.29. The van der Waals surface area contributed by atoms with Crippen molar-refractivity contribution in [2.24, 2.45) is 14.1 Å². The van der Waals surface area contributed by atoms with Crippen LogP contribution in [0.3, 0.4) is 0 Å². The molecule has 1 aliphatic rings. The summed E-state index contributed by atoms with van der Waals surface area (Å²) in [6, 6.07) is 0. The average Bonchev–Trinajstić information content (AvgIpc) is 2.68. The van der Waals surface area contributed by atoms with E-state index >= 15 is 0 Å². The van der Waals surface area contributed by atoms with Crippen LogP contribution >= 0.6 is 0 Å². The fourth-order valence-corrected chi connectivity index (χ4v) is 2.35. The molecule has 0 spiro atoms. The van der Waals surface area contributed by atoms with E-state index < -0.39 is 0 Å². The van der Waals surface area contributed by atoms with Crippen molar-refractivity contribution in [2.75, 3.05) is 0 Å². The van der Waals surface area contributed by atoms with E-state index in [1.54, 1.807) is 0 Å². The number of aryl methyl sites for hydroxylation is 3. The van der Waals surface area contributed by atoms with Crippen molar-refractivity contribution >= 4 is 0 Å². The van der Waals surface area contributed by atoms with Gasteiger partial charge in [0, 0.05) is 37.1 Å². The first kappa shape index (κ1) is 8.71. The van der Waals surface area contributed by atoms with Gasteiger partial charge in [0.25, 0.3) is 0 Å². The monoisotopic (exact) mass is 202 g/mol. The van der Waals surface area contributed by atoms with E-state index in [4.69, 9.17) is 0 Å².